The number of nitrogens with one attached hydrogen (secondary N) is 2. The molecule has 144 valence electrons. The fourth-order valence-electron chi connectivity index (χ4n) is 3.55. The fraction of sp³-hybridized carbons (Fsp3) is 0.286. The standard InChI is InChI=1S/C21H22N4O3/c1-28-17-9-7-15(8-10-17)18-19(26)24-21(23-18)11-13-25(14-12-21)20(27)22-16-5-3-2-4-6-16/h2-10H,11-14H2,1H3,(H,22,27)(H,24,26). The molecule has 2 aromatic rings. The second kappa shape index (κ2) is 7.34. The maximum Gasteiger partial charge on any atom is 0.321 e. The van der Waals surface area contributed by atoms with Crippen molar-refractivity contribution in [3.05, 3.63) is 60.2 Å². The van der Waals surface area contributed by atoms with Crippen LogP contribution in [0.3, 0.4) is 0 Å². The van der Waals surface area contributed by atoms with Gasteiger partial charge in [-0.25, -0.2) is 4.79 Å². The van der Waals surface area contributed by atoms with E-state index in [0.717, 1.165) is 17.0 Å². The van der Waals surface area contributed by atoms with Gasteiger partial charge in [-0.1, -0.05) is 18.2 Å². The van der Waals surface area contributed by atoms with Gasteiger partial charge in [0.25, 0.3) is 5.91 Å². The Balaban J connectivity index is 1.42. The Morgan fingerprint density at radius 3 is 2.43 bits per heavy atom. The molecule has 28 heavy (non-hydrogen) atoms. The monoisotopic (exact) mass is 378 g/mol. The third-order valence-corrected chi connectivity index (χ3v) is 5.15. The molecule has 7 nitrogen and oxygen atoms in total. The first-order valence-corrected chi connectivity index (χ1v) is 9.26. The molecule has 2 heterocycles. The second-order valence-corrected chi connectivity index (χ2v) is 6.96. The number of anilines is 1. The molecule has 0 saturated carbocycles. The number of benzene rings is 2. The quantitative estimate of drug-likeness (QED) is 0.861. The van der Waals surface area contributed by atoms with E-state index in [1.165, 1.54) is 0 Å². The number of carbonyl (C=O) groups excluding carboxylic acids is 2. The Morgan fingerprint density at radius 1 is 1.11 bits per heavy atom. The predicted molar refractivity (Wildman–Crippen MR) is 107 cm³/mol. The highest BCUT2D eigenvalue weighted by Gasteiger charge is 2.42. The molecule has 7 heteroatoms. The number of nitrogens with zero attached hydrogens (tertiary/aromatic N) is 2. The van der Waals surface area contributed by atoms with Crippen molar-refractivity contribution >= 4 is 23.3 Å². The van der Waals surface area contributed by atoms with Crippen LogP contribution in [-0.4, -0.2) is 48.4 Å². The maximum absolute atomic E-state index is 12.5. The lowest BCUT2D eigenvalue weighted by molar-refractivity contribution is -0.115. The number of piperidine rings is 1. The van der Waals surface area contributed by atoms with Gasteiger partial charge in [0.1, 0.15) is 17.1 Å². The van der Waals surface area contributed by atoms with Crippen LogP contribution in [0.15, 0.2) is 59.6 Å². The largest absolute Gasteiger partial charge is 0.497 e. The van der Waals surface area contributed by atoms with Gasteiger partial charge >= 0.3 is 6.03 Å². The minimum absolute atomic E-state index is 0.135. The van der Waals surface area contributed by atoms with E-state index in [4.69, 9.17) is 9.73 Å². The SMILES string of the molecule is COc1ccc(C2=NC3(CCN(C(=O)Nc4ccccc4)CC3)NC2=O)cc1. The molecule has 3 amide bonds. The summed E-state index contributed by atoms with van der Waals surface area (Å²) in [6, 6.07) is 16.5. The number of amides is 3. The predicted octanol–water partition coefficient (Wildman–Crippen LogP) is 2.64. The summed E-state index contributed by atoms with van der Waals surface area (Å²) in [6.07, 6.45) is 1.17. The maximum atomic E-state index is 12.5. The van der Waals surface area contributed by atoms with Crippen LogP contribution in [0.1, 0.15) is 18.4 Å². The van der Waals surface area contributed by atoms with Crippen LogP contribution in [0.5, 0.6) is 5.75 Å². The van der Waals surface area contributed by atoms with Crippen molar-refractivity contribution in [1.29, 1.82) is 0 Å². The summed E-state index contributed by atoms with van der Waals surface area (Å²) in [5.41, 5.74) is 1.33. The first kappa shape index (κ1) is 18.0. The van der Waals surface area contributed by atoms with Gasteiger partial charge < -0.3 is 20.3 Å². The zero-order valence-corrected chi connectivity index (χ0v) is 15.6. The van der Waals surface area contributed by atoms with Gasteiger partial charge in [-0.2, -0.15) is 0 Å². The molecular weight excluding hydrogens is 356 g/mol. The van der Waals surface area contributed by atoms with Crippen molar-refractivity contribution in [1.82, 2.24) is 10.2 Å². The summed E-state index contributed by atoms with van der Waals surface area (Å²) in [4.78, 5) is 31.4. The summed E-state index contributed by atoms with van der Waals surface area (Å²) >= 11 is 0. The number of aliphatic imine (C=N–C) groups is 1. The molecule has 0 atom stereocenters. The van der Waals surface area contributed by atoms with Crippen molar-refractivity contribution in [3.8, 4) is 5.75 Å². The molecule has 1 spiro atoms. The van der Waals surface area contributed by atoms with E-state index in [9.17, 15) is 9.59 Å². The highest BCUT2D eigenvalue weighted by Crippen LogP contribution is 2.29. The molecular formula is C21H22N4O3. The highest BCUT2D eigenvalue weighted by molar-refractivity contribution is 6.46. The number of hydrogen-bond donors (Lipinski definition) is 2. The number of rotatable bonds is 3. The molecule has 4 rings (SSSR count). The van der Waals surface area contributed by atoms with E-state index in [1.54, 1.807) is 12.0 Å². The summed E-state index contributed by atoms with van der Waals surface area (Å²) in [7, 11) is 1.60. The van der Waals surface area contributed by atoms with Gasteiger partial charge in [-0.15, -0.1) is 0 Å². The first-order chi connectivity index (χ1) is 13.6. The normalized spacial score (nSPS) is 17.8. The average molecular weight is 378 g/mol. The van der Waals surface area contributed by atoms with Gasteiger partial charge in [0.2, 0.25) is 0 Å². The molecule has 1 fully saturated rings. The molecule has 2 aliphatic rings. The molecule has 0 radical (unpaired) electrons. The van der Waals surface area contributed by atoms with Crippen LogP contribution in [0, 0.1) is 0 Å². The molecule has 2 aromatic carbocycles. The second-order valence-electron chi connectivity index (χ2n) is 6.96. The van der Waals surface area contributed by atoms with E-state index < -0.39 is 5.66 Å². The number of para-hydroxylation sites is 1. The molecule has 0 unspecified atom stereocenters. The molecule has 2 aliphatic heterocycles. The number of ether oxygens (including phenoxy) is 1. The third-order valence-electron chi connectivity index (χ3n) is 5.15. The van der Waals surface area contributed by atoms with Crippen molar-refractivity contribution in [2.24, 2.45) is 4.99 Å². The average Bonchev–Trinajstić information content (AvgIpc) is 3.05. The lowest BCUT2D eigenvalue weighted by Crippen LogP contribution is -2.53. The van der Waals surface area contributed by atoms with Gasteiger partial charge in [0, 0.05) is 37.2 Å². The Kier molecular flexibility index (Phi) is 4.73. The lowest BCUT2D eigenvalue weighted by atomic mass is 9.98. The number of likely N-dealkylation sites (tertiary alicyclic amines) is 1. The fourth-order valence-corrected chi connectivity index (χ4v) is 3.55. The number of carbonyl (C=O) groups is 2. The molecule has 0 aromatic heterocycles. The molecule has 0 bridgehead atoms. The Labute approximate surface area is 163 Å². The summed E-state index contributed by atoms with van der Waals surface area (Å²) in [5.74, 6) is 0.558. The van der Waals surface area contributed by atoms with Crippen LogP contribution in [0.2, 0.25) is 0 Å². The molecule has 0 aliphatic carbocycles. The Bertz CT molecular complexity index is 901. The number of hydrogen-bond acceptors (Lipinski definition) is 4. The van der Waals surface area contributed by atoms with E-state index in [2.05, 4.69) is 10.6 Å². The van der Waals surface area contributed by atoms with Crippen LogP contribution in [0.25, 0.3) is 0 Å². The van der Waals surface area contributed by atoms with Gasteiger partial charge in [-0.3, -0.25) is 9.79 Å². The zero-order valence-electron chi connectivity index (χ0n) is 15.6. The van der Waals surface area contributed by atoms with Crippen molar-refractivity contribution < 1.29 is 14.3 Å². The summed E-state index contributed by atoms with van der Waals surface area (Å²) in [6.45, 7) is 1.05. The van der Waals surface area contributed by atoms with Crippen LogP contribution >= 0.6 is 0 Å². The zero-order chi connectivity index (χ0) is 19.6. The van der Waals surface area contributed by atoms with Gasteiger partial charge in [0.15, 0.2) is 0 Å². The summed E-state index contributed by atoms with van der Waals surface area (Å²) < 4.78 is 5.16. The van der Waals surface area contributed by atoms with E-state index in [1.807, 2.05) is 54.6 Å². The summed E-state index contributed by atoms with van der Waals surface area (Å²) in [5, 5.41) is 5.92. The van der Waals surface area contributed by atoms with Crippen molar-refractivity contribution in [3.63, 3.8) is 0 Å². The van der Waals surface area contributed by atoms with Crippen LogP contribution < -0.4 is 15.4 Å². The molecule has 2 N–H and O–H groups in total. The van der Waals surface area contributed by atoms with Crippen LogP contribution in [0.4, 0.5) is 10.5 Å². The number of urea groups is 1. The van der Waals surface area contributed by atoms with E-state index >= 15 is 0 Å². The van der Waals surface area contributed by atoms with Gasteiger partial charge in [0.05, 0.1) is 7.11 Å². The first-order valence-electron chi connectivity index (χ1n) is 9.26. The topological polar surface area (TPSA) is 83.0 Å². The van der Waals surface area contributed by atoms with Crippen molar-refractivity contribution in [2.75, 3.05) is 25.5 Å². The van der Waals surface area contributed by atoms with Gasteiger partial charge in [-0.05, 0) is 36.4 Å². The van der Waals surface area contributed by atoms with E-state index in [-0.39, 0.29) is 11.9 Å². The smallest absolute Gasteiger partial charge is 0.321 e. The Morgan fingerprint density at radius 2 is 1.79 bits per heavy atom. The lowest BCUT2D eigenvalue weighted by Gasteiger charge is -2.37. The minimum atomic E-state index is -0.629. The Hall–Kier alpha value is -3.35. The number of methoxy groups -OCH3 is 1. The molecule has 1 saturated heterocycles. The minimum Gasteiger partial charge on any atom is -0.497 e. The van der Waals surface area contributed by atoms with E-state index in [0.29, 0.717) is 31.6 Å². The third kappa shape index (κ3) is 3.55. The van der Waals surface area contributed by atoms with Crippen LogP contribution in [-0.2, 0) is 4.79 Å². The van der Waals surface area contributed by atoms with Crippen molar-refractivity contribution in [2.45, 2.75) is 18.5 Å². The highest BCUT2D eigenvalue weighted by atomic mass is 16.5.